The number of H-pyrrole nitrogens is 2. The fourth-order valence-corrected chi connectivity index (χ4v) is 18.6. The van der Waals surface area contributed by atoms with Crippen LogP contribution < -0.4 is 63.1 Å². The minimum Gasteiger partial charge on any atom is -0.439 e. The molecule has 16 aliphatic rings. The molecular weight excluding hydrogens is 1550 g/mol. The van der Waals surface area contributed by atoms with Crippen LogP contribution in [0.4, 0.5) is 11.4 Å². The smallest absolute Gasteiger partial charge is 0.273 e. The van der Waals surface area contributed by atoms with Crippen LogP contribution in [0.25, 0.3) is 0 Å². The lowest BCUT2D eigenvalue weighted by Crippen LogP contribution is -2.40. The van der Waals surface area contributed by atoms with Crippen molar-refractivity contribution >= 4 is 46.8 Å². The summed E-state index contributed by atoms with van der Waals surface area (Å²) in [5, 5.41) is 45.9. The summed E-state index contributed by atoms with van der Waals surface area (Å²) in [6.45, 7) is 32.9. The molecule has 0 spiro atoms. The largest absolute Gasteiger partial charge is 0.439 e. The van der Waals surface area contributed by atoms with E-state index in [-0.39, 0.29) is 82.8 Å². The van der Waals surface area contributed by atoms with Gasteiger partial charge in [-0.25, -0.2) is 9.36 Å². The second-order valence-electron chi connectivity index (χ2n) is 37.9. The van der Waals surface area contributed by atoms with Crippen LogP contribution in [-0.2, 0) is 14.1 Å². The Labute approximate surface area is 712 Å². The van der Waals surface area contributed by atoms with Crippen molar-refractivity contribution in [2.75, 3.05) is 89.2 Å². The van der Waals surface area contributed by atoms with Gasteiger partial charge in [-0.1, -0.05) is 52.0 Å². The quantitative estimate of drug-likeness (QED) is 0.0428. The number of carbonyl (C=O) groups excluding carboxylic acids is 6. The van der Waals surface area contributed by atoms with Crippen molar-refractivity contribution < 1.29 is 38.2 Å². The maximum atomic E-state index is 12.5. The molecule has 8 saturated carbocycles. The Kier molecular flexibility index (Phi) is 24.6. The van der Waals surface area contributed by atoms with Crippen molar-refractivity contribution in [1.29, 1.82) is 0 Å². The molecule has 8 aliphatic carbocycles. The minimum atomic E-state index is -0.244. The molecule has 0 bridgehead atoms. The van der Waals surface area contributed by atoms with Gasteiger partial charge in [-0.3, -0.25) is 87.3 Å². The van der Waals surface area contributed by atoms with Crippen LogP contribution in [0.5, 0.6) is 11.5 Å². The zero-order chi connectivity index (χ0) is 85.1. The van der Waals surface area contributed by atoms with Gasteiger partial charge in [0.05, 0.1) is 35.9 Å². The molecule has 0 radical (unpaired) electrons. The maximum absolute atomic E-state index is 12.5. The molecule has 6 amide bonds. The third kappa shape index (κ3) is 20.9. The van der Waals surface area contributed by atoms with Gasteiger partial charge in [0, 0.05) is 188 Å². The van der Waals surface area contributed by atoms with Crippen molar-refractivity contribution in [2.45, 2.75) is 229 Å². The van der Waals surface area contributed by atoms with Crippen molar-refractivity contribution in [3.05, 3.63) is 140 Å². The average Bonchev–Trinajstić information content (AvgIpc) is 1.69. The molecule has 22 rings (SSSR count). The van der Waals surface area contributed by atoms with Gasteiger partial charge in [-0.05, 0) is 188 Å². The first-order chi connectivity index (χ1) is 58.7. The van der Waals surface area contributed by atoms with Crippen LogP contribution in [-0.4, -0.2) is 265 Å². The summed E-state index contributed by atoms with van der Waals surface area (Å²) in [5.74, 6) is 4.70. The molecular formula is C88H124N24O10. The number of aromatic amines is 2. The molecule has 12 atom stereocenters. The number of aromatic nitrogens is 10. The van der Waals surface area contributed by atoms with E-state index in [1.165, 1.54) is 98.5 Å². The summed E-state index contributed by atoms with van der Waals surface area (Å²) in [5.41, 5.74) is 4.18. The molecule has 10 N–H and O–H groups in total. The van der Waals surface area contributed by atoms with E-state index in [4.69, 9.17) is 9.47 Å². The van der Waals surface area contributed by atoms with E-state index >= 15 is 0 Å². The fourth-order valence-electron chi connectivity index (χ4n) is 18.6. The topological polar surface area (TPSA) is 374 Å². The minimum absolute atomic E-state index is 0.0293. The van der Waals surface area contributed by atoms with Gasteiger partial charge >= 0.3 is 0 Å². The molecule has 122 heavy (non-hydrogen) atoms. The number of rotatable bonds is 20. The highest BCUT2D eigenvalue weighted by Crippen LogP contribution is 2.41. The lowest BCUT2D eigenvalue weighted by Gasteiger charge is -2.17. The summed E-state index contributed by atoms with van der Waals surface area (Å²) < 4.78 is 17.5. The van der Waals surface area contributed by atoms with E-state index in [2.05, 4.69) is 157 Å². The number of aryl methyl sites for hydroxylation is 2. The number of hydrogen-bond donors (Lipinski definition) is 10. The molecule has 12 heterocycles. The van der Waals surface area contributed by atoms with Crippen LogP contribution in [0, 0.1) is 35.5 Å². The Balaban J connectivity index is 0.000000104. The first kappa shape index (κ1) is 84.2. The first-order valence-corrected chi connectivity index (χ1v) is 44.9. The fraction of sp³-hybridized carbons (Fsp3) is 0.636. The summed E-state index contributed by atoms with van der Waals surface area (Å²) in [7, 11) is 3.34. The van der Waals surface area contributed by atoms with E-state index < -0.39 is 0 Å². The highest BCUT2D eigenvalue weighted by Gasteiger charge is 2.46. The van der Waals surface area contributed by atoms with Gasteiger partial charge in [0.2, 0.25) is 0 Å². The van der Waals surface area contributed by atoms with Crippen molar-refractivity contribution in [2.24, 2.45) is 49.6 Å². The van der Waals surface area contributed by atoms with E-state index in [0.29, 0.717) is 105 Å². The number of anilines is 2. The molecule has 4 aromatic heterocycles. The van der Waals surface area contributed by atoms with Crippen molar-refractivity contribution in [1.82, 2.24) is 111 Å². The van der Waals surface area contributed by atoms with E-state index in [9.17, 15) is 38.4 Å². The van der Waals surface area contributed by atoms with E-state index in [1.807, 2.05) is 33.6 Å². The number of amides is 6. The monoisotopic (exact) mass is 1680 g/mol. The Morgan fingerprint density at radius 3 is 0.852 bits per heavy atom. The molecule has 8 aliphatic heterocycles. The van der Waals surface area contributed by atoms with Crippen LogP contribution in [0.15, 0.2) is 95.4 Å². The average molecular weight is 1680 g/mol. The molecule has 34 heteroatoms. The van der Waals surface area contributed by atoms with Crippen LogP contribution in [0.1, 0.15) is 219 Å². The number of hydrogen-bond acceptors (Lipinski definition) is 22. The molecule has 2 aromatic carbocycles. The van der Waals surface area contributed by atoms with Crippen molar-refractivity contribution in [3.8, 4) is 11.5 Å². The molecule has 34 nitrogen and oxygen atoms in total. The molecule has 6 saturated heterocycles. The highest BCUT2D eigenvalue weighted by molar-refractivity contribution is 5.97. The van der Waals surface area contributed by atoms with Crippen LogP contribution in [0.2, 0.25) is 0 Å². The molecule has 0 unspecified atom stereocenters. The van der Waals surface area contributed by atoms with Gasteiger partial charge in [0.25, 0.3) is 46.6 Å². The predicted octanol–water partition coefficient (Wildman–Crippen LogP) is 5.85. The number of likely N-dealkylation sites (tertiary alicyclic amines) is 6. The summed E-state index contributed by atoms with van der Waals surface area (Å²) in [6, 6.07) is 20.4. The summed E-state index contributed by atoms with van der Waals surface area (Å²) in [6.07, 6.45) is 23.9. The van der Waals surface area contributed by atoms with Gasteiger partial charge in [0.1, 0.15) is 11.4 Å². The normalized spacial score (nSPS) is 28.5. The number of fused-ring (bicyclic) bond motifs is 2. The zero-order valence-electron chi connectivity index (χ0n) is 71.9. The Hall–Kier alpha value is -10.00. The maximum Gasteiger partial charge on any atom is 0.273 e. The first-order valence-electron chi connectivity index (χ1n) is 44.9. The van der Waals surface area contributed by atoms with Crippen LogP contribution in [0.3, 0.4) is 0 Å². The standard InChI is InChI=1S/2C17H21N3O2.2C14H21N5O.2C13H20N4O2/c2*1-10-8-20(13-4-5-13)9-15(10)19-17(21)12-3-6-14-16(7-12)22-11(2)18-14;2*1-9-6-18(10-2-3-10)7-12(9)15-14(20)13-8-19(17-16-13)11-4-5-11;2*1-8-6-17(9-3-4-9)7-10(8)14-13(19)11-5-12(18)15-16(11)2/h2*3,6-7,10,13,15,18H,2,4-5,8-9H2,1H3,(H,19,21);2*8-12H,2-7H2,1H3,(H,15,20);2*5,8-10H,3-4,6-7H2,1-2H3,(H,14,19)(H,15,18)/t10-,15+;10-,15-;9-,12+;9-,12-;8-,10+;8-,10-/m000001/s1. The highest BCUT2D eigenvalue weighted by atomic mass is 16.5. The van der Waals surface area contributed by atoms with Crippen molar-refractivity contribution in [3.63, 3.8) is 0 Å². The predicted molar refractivity (Wildman–Crippen MR) is 458 cm³/mol. The lowest BCUT2D eigenvalue weighted by atomic mass is 10.1. The molecule has 656 valence electrons. The SMILES string of the molecule is C=C1Nc2ccc(C(=O)N[C@@H]3CN(C4CC4)C[C@@H]3C)cc2O1.C=C1Nc2ccc(C(=O)N[C@H]3CN(C4CC4)C[C@@H]3C)cc2O1.C[C@@H]1CN(C2CC2)C[C@H]1NC(=O)c1cc(=O)[nH]n1C.C[C@H]1CN(C2CC2)C[C@@H]1NC(=O)c1cn(C2CC2)nn1.C[C@H]1CN(C2CC2)C[C@H]1NC(=O)c1cc(=O)[nH]n1C.C[C@H]1CN(C2CC2)C[C@H]1NC(=O)c1cn(C2CC2)nn1. The molecule has 6 aromatic rings. The number of ether oxygens (including phenoxy) is 2. The third-order valence-electron chi connectivity index (χ3n) is 27.2. The van der Waals surface area contributed by atoms with E-state index in [1.54, 1.807) is 38.6 Å². The van der Waals surface area contributed by atoms with Gasteiger partial charge in [-0.15, -0.1) is 10.2 Å². The summed E-state index contributed by atoms with van der Waals surface area (Å²) >= 11 is 0. The Morgan fingerprint density at radius 1 is 0.352 bits per heavy atom. The number of nitrogens with one attached hydrogen (secondary N) is 10. The van der Waals surface area contributed by atoms with Crippen LogP contribution >= 0.6 is 0 Å². The number of carbonyl (C=O) groups is 6. The number of benzene rings is 2. The van der Waals surface area contributed by atoms with E-state index in [0.717, 1.165) is 152 Å². The van der Waals surface area contributed by atoms with Gasteiger partial charge in [0.15, 0.2) is 34.7 Å². The Bertz CT molecular complexity index is 4670. The number of nitrogens with zero attached hydrogens (tertiary/aromatic N) is 14. The Morgan fingerprint density at radius 2 is 0.607 bits per heavy atom. The van der Waals surface area contributed by atoms with Gasteiger partial charge < -0.3 is 52.0 Å². The second-order valence-corrected chi connectivity index (χ2v) is 37.9. The summed E-state index contributed by atoms with van der Waals surface area (Å²) in [4.78, 5) is 111. The molecule has 14 fully saturated rings. The third-order valence-corrected chi connectivity index (χ3v) is 27.2. The second kappa shape index (κ2) is 35.7. The zero-order valence-corrected chi connectivity index (χ0v) is 71.9. The lowest BCUT2D eigenvalue weighted by molar-refractivity contribution is 0.0913. The van der Waals surface area contributed by atoms with Gasteiger partial charge in [-0.2, -0.15) is 0 Å².